The Morgan fingerprint density at radius 2 is 1.83 bits per heavy atom. The maximum atomic E-state index is 13.6. The molecule has 0 saturated heterocycles. The molecule has 18 heavy (non-hydrogen) atoms. The minimum atomic E-state index is -1.20. The zero-order chi connectivity index (χ0) is 13.3. The van der Waals surface area contributed by atoms with Crippen molar-refractivity contribution in [2.75, 3.05) is 0 Å². The van der Waals surface area contributed by atoms with E-state index in [0.29, 0.717) is 10.0 Å². The normalized spacial score (nSPS) is 12.5. The van der Waals surface area contributed by atoms with E-state index >= 15 is 0 Å². The Hall–Kier alpha value is -1.26. The van der Waals surface area contributed by atoms with Crippen molar-refractivity contribution in [3.63, 3.8) is 0 Å². The summed E-state index contributed by atoms with van der Waals surface area (Å²) in [7, 11) is 0. The second-order valence-corrected chi connectivity index (χ2v) is 4.92. The zero-order valence-corrected chi connectivity index (χ0v) is 11.2. The van der Waals surface area contributed by atoms with Crippen LogP contribution in [0.15, 0.2) is 40.9 Å². The van der Waals surface area contributed by atoms with Crippen LogP contribution in [-0.4, -0.2) is 5.11 Å². The van der Waals surface area contributed by atoms with Crippen LogP contribution in [0.25, 0.3) is 0 Å². The van der Waals surface area contributed by atoms with Gasteiger partial charge in [-0.25, -0.2) is 8.78 Å². The van der Waals surface area contributed by atoms with Gasteiger partial charge in [-0.05, 0) is 30.2 Å². The Labute approximate surface area is 112 Å². The summed E-state index contributed by atoms with van der Waals surface area (Å²) in [4.78, 5) is 0. The fourth-order valence-electron chi connectivity index (χ4n) is 1.75. The summed E-state index contributed by atoms with van der Waals surface area (Å²) in [6.45, 7) is 1.91. The maximum absolute atomic E-state index is 13.6. The summed E-state index contributed by atoms with van der Waals surface area (Å²) in [5.74, 6) is -1.98. The van der Waals surface area contributed by atoms with Crippen LogP contribution in [0.2, 0.25) is 0 Å². The molecule has 0 amide bonds. The van der Waals surface area contributed by atoms with Crippen LogP contribution in [-0.2, 0) is 0 Å². The molecule has 0 bridgehead atoms. The zero-order valence-electron chi connectivity index (χ0n) is 9.62. The van der Waals surface area contributed by atoms with Gasteiger partial charge in [0.05, 0.1) is 0 Å². The smallest absolute Gasteiger partial charge is 0.164 e. The molecule has 0 fully saturated rings. The fourth-order valence-corrected chi connectivity index (χ4v) is 2.46. The van der Waals surface area contributed by atoms with E-state index in [9.17, 15) is 13.9 Å². The lowest BCUT2D eigenvalue weighted by atomic mass is 10.00. The van der Waals surface area contributed by atoms with Crippen LogP contribution >= 0.6 is 15.9 Å². The molecule has 0 aliphatic heterocycles. The highest BCUT2D eigenvalue weighted by atomic mass is 79.9. The van der Waals surface area contributed by atoms with Gasteiger partial charge in [-0.15, -0.1) is 0 Å². The van der Waals surface area contributed by atoms with Crippen molar-refractivity contribution < 1.29 is 13.9 Å². The Morgan fingerprint density at radius 1 is 1.11 bits per heavy atom. The number of halogens is 3. The predicted molar refractivity (Wildman–Crippen MR) is 69.3 cm³/mol. The minimum absolute atomic E-state index is 0.0699. The van der Waals surface area contributed by atoms with E-state index < -0.39 is 17.7 Å². The van der Waals surface area contributed by atoms with Gasteiger partial charge in [0.1, 0.15) is 6.10 Å². The number of hydrogen-bond donors (Lipinski definition) is 1. The number of hydrogen-bond acceptors (Lipinski definition) is 1. The van der Waals surface area contributed by atoms with Crippen molar-refractivity contribution in [3.8, 4) is 0 Å². The van der Waals surface area contributed by atoms with Crippen LogP contribution in [0.3, 0.4) is 0 Å². The first-order chi connectivity index (χ1) is 8.50. The molecular weight excluding hydrogens is 302 g/mol. The average Bonchev–Trinajstić information content (AvgIpc) is 2.32. The van der Waals surface area contributed by atoms with Gasteiger partial charge in [-0.3, -0.25) is 0 Å². The highest BCUT2D eigenvalue weighted by Crippen LogP contribution is 2.31. The molecule has 0 aromatic heterocycles. The van der Waals surface area contributed by atoms with Crippen LogP contribution in [0.4, 0.5) is 8.78 Å². The van der Waals surface area contributed by atoms with Gasteiger partial charge in [-0.1, -0.05) is 40.2 Å². The summed E-state index contributed by atoms with van der Waals surface area (Å²) in [6.07, 6.45) is -1.20. The second kappa shape index (κ2) is 5.16. The first-order valence-electron chi connectivity index (χ1n) is 5.38. The molecule has 0 saturated carbocycles. The lowest BCUT2D eigenvalue weighted by Crippen LogP contribution is -2.05. The van der Waals surface area contributed by atoms with Crippen molar-refractivity contribution in [2.45, 2.75) is 13.0 Å². The van der Waals surface area contributed by atoms with Gasteiger partial charge < -0.3 is 5.11 Å². The van der Waals surface area contributed by atoms with Crippen LogP contribution in [0.1, 0.15) is 22.8 Å². The molecule has 2 rings (SSSR count). The van der Waals surface area contributed by atoms with Crippen LogP contribution < -0.4 is 0 Å². The molecule has 0 aliphatic rings. The Bertz CT molecular complexity index is 584. The molecule has 2 aromatic rings. The lowest BCUT2D eigenvalue weighted by Gasteiger charge is -2.14. The topological polar surface area (TPSA) is 20.2 Å². The monoisotopic (exact) mass is 312 g/mol. The summed E-state index contributed by atoms with van der Waals surface area (Å²) in [6, 6.07) is 9.08. The van der Waals surface area contributed by atoms with Crippen molar-refractivity contribution >= 4 is 15.9 Å². The number of aliphatic hydroxyl groups is 1. The molecule has 4 heteroatoms. The van der Waals surface area contributed by atoms with E-state index in [0.717, 1.165) is 11.6 Å². The highest BCUT2D eigenvalue weighted by Gasteiger charge is 2.19. The van der Waals surface area contributed by atoms with E-state index in [1.807, 2.05) is 13.0 Å². The SMILES string of the molecule is Cc1ccc(C(O)c2cccc(F)c2F)c(Br)c1. The summed E-state index contributed by atoms with van der Waals surface area (Å²) >= 11 is 3.31. The highest BCUT2D eigenvalue weighted by molar-refractivity contribution is 9.10. The molecule has 1 nitrogen and oxygen atoms in total. The van der Waals surface area contributed by atoms with Gasteiger partial charge in [0, 0.05) is 10.0 Å². The van der Waals surface area contributed by atoms with Gasteiger partial charge in [0.15, 0.2) is 11.6 Å². The molecular formula is C14H11BrF2O. The summed E-state index contributed by atoms with van der Waals surface area (Å²) < 4.78 is 27.4. The van der Waals surface area contributed by atoms with E-state index in [4.69, 9.17) is 0 Å². The average molecular weight is 313 g/mol. The Morgan fingerprint density at radius 3 is 2.50 bits per heavy atom. The summed E-state index contributed by atoms with van der Waals surface area (Å²) in [5, 5.41) is 10.1. The van der Waals surface area contributed by atoms with E-state index in [2.05, 4.69) is 15.9 Å². The lowest BCUT2D eigenvalue weighted by molar-refractivity contribution is 0.212. The molecule has 1 atom stereocenters. The minimum Gasteiger partial charge on any atom is -0.384 e. The van der Waals surface area contributed by atoms with Crippen LogP contribution in [0, 0.1) is 18.6 Å². The standard InChI is InChI=1S/C14H11BrF2O/c1-8-5-6-9(11(15)7-8)14(18)10-3-2-4-12(16)13(10)17/h2-7,14,18H,1H3. The quantitative estimate of drug-likeness (QED) is 0.884. The van der Waals surface area contributed by atoms with Crippen LogP contribution in [0.5, 0.6) is 0 Å². The maximum Gasteiger partial charge on any atom is 0.164 e. The third-order valence-electron chi connectivity index (χ3n) is 2.73. The summed E-state index contributed by atoms with van der Waals surface area (Å²) in [5.41, 5.74) is 1.45. The molecule has 1 unspecified atom stereocenters. The Balaban J connectivity index is 2.48. The predicted octanol–water partition coefficient (Wildman–Crippen LogP) is 4.12. The van der Waals surface area contributed by atoms with E-state index in [-0.39, 0.29) is 5.56 Å². The second-order valence-electron chi connectivity index (χ2n) is 4.07. The Kier molecular flexibility index (Phi) is 3.78. The number of aryl methyl sites for hydroxylation is 1. The van der Waals surface area contributed by atoms with E-state index in [1.54, 1.807) is 12.1 Å². The van der Waals surface area contributed by atoms with E-state index in [1.165, 1.54) is 12.1 Å². The van der Waals surface area contributed by atoms with Crippen molar-refractivity contribution in [1.82, 2.24) is 0 Å². The number of aliphatic hydroxyl groups excluding tert-OH is 1. The molecule has 0 spiro atoms. The number of rotatable bonds is 2. The largest absolute Gasteiger partial charge is 0.384 e. The van der Waals surface area contributed by atoms with Crippen molar-refractivity contribution in [2.24, 2.45) is 0 Å². The van der Waals surface area contributed by atoms with Crippen molar-refractivity contribution in [3.05, 3.63) is 69.2 Å². The van der Waals surface area contributed by atoms with Crippen molar-refractivity contribution in [1.29, 1.82) is 0 Å². The molecule has 1 N–H and O–H groups in total. The molecule has 0 radical (unpaired) electrons. The van der Waals surface area contributed by atoms with Gasteiger partial charge >= 0.3 is 0 Å². The number of benzene rings is 2. The molecule has 0 aliphatic carbocycles. The molecule has 0 heterocycles. The van der Waals surface area contributed by atoms with Gasteiger partial charge in [0.2, 0.25) is 0 Å². The third-order valence-corrected chi connectivity index (χ3v) is 3.41. The third kappa shape index (κ3) is 2.44. The van der Waals surface area contributed by atoms with Gasteiger partial charge in [0.25, 0.3) is 0 Å². The first-order valence-corrected chi connectivity index (χ1v) is 6.18. The molecule has 94 valence electrons. The fraction of sp³-hybridized carbons (Fsp3) is 0.143. The molecule has 2 aromatic carbocycles. The first kappa shape index (κ1) is 13.2. The van der Waals surface area contributed by atoms with Gasteiger partial charge in [-0.2, -0.15) is 0 Å².